The van der Waals surface area contributed by atoms with E-state index in [1.165, 1.54) is 6.07 Å². The third-order valence-corrected chi connectivity index (χ3v) is 13.7. The number of hydrogen-bond acceptors (Lipinski definition) is 13. The number of benzene rings is 2. The summed E-state index contributed by atoms with van der Waals surface area (Å²) in [5.41, 5.74) is 0.851. The van der Waals surface area contributed by atoms with E-state index < -0.39 is 46.3 Å². The van der Waals surface area contributed by atoms with Crippen LogP contribution in [0.25, 0.3) is 10.9 Å². The number of amides is 5. The maximum absolute atomic E-state index is 15.5. The van der Waals surface area contributed by atoms with Crippen molar-refractivity contribution in [3.63, 3.8) is 0 Å². The monoisotopic (exact) mass is 856 g/mol. The van der Waals surface area contributed by atoms with Crippen molar-refractivity contribution >= 4 is 52.1 Å². The number of carbonyl (C=O) groups excluding carboxylic acids is 5. The van der Waals surface area contributed by atoms with Gasteiger partial charge in [-0.15, -0.1) is 0 Å². The molecule has 9 rings (SSSR count). The molecule has 0 bridgehead atoms. The van der Waals surface area contributed by atoms with Crippen LogP contribution in [0.15, 0.2) is 55.0 Å². The lowest BCUT2D eigenvalue weighted by Gasteiger charge is -2.63. The molecule has 4 fully saturated rings. The Balaban J connectivity index is 0.748. The van der Waals surface area contributed by atoms with E-state index in [0.717, 1.165) is 48.8 Å². The third-order valence-electron chi connectivity index (χ3n) is 13.7. The first kappa shape index (κ1) is 41.8. The number of fused-ring (bicyclic) bond motifs is 2. The number of nitriles is 1. The van der Waals surface area contributed by atoms with Crippen LogP contribution in [0, 0.1) is 33.9 Å². The van der Waals surface area contributed by atoms with Crippen LogP contribution in [0.3, 0.4) is 0 Å². The van der Waals surface area contributed by atoms with Crippen LogP contribution in [0.2, 0.25) is 0 Å². The molecule has 16 nitrogen and oxygen atoms in total. The van der Waals surface area contributed by atoms with Gasteiger partial charge in [0.25, 0.3) is 17.7 Å². The van der Waals surface area contributed by atoms with E-state index in [1.807, 2.05) is 23.1 Å². The maximum Gasteiger partial charge on any atom is 0.262 e. The molecule has 2 aromatic heterocycles. The van der Waals surface area contributed by atoms with Gasteiger partial charge >= 0.3 is 0 Å². The lowest BCUT2D eigenvalue weighted by molar-refractivity contribution is -0.163. The number of imide groups is 2. The van der Waals surface area contributed by atoms with Gasteiger partial charge in [-0.1, -0.05) is 27.7 Å². The van der Waals surface area contributed by atoms with Crippen LogP contribution >= 0.6 is 0 Å². The Hall–Kier alpha value is -6.54. The number of ether oxygens (including phenoxy) is 1. The highest BCUT2D eigenvalue weighted by molar-refractivity contribution is 6.23. The number of hydrogen-bond donors (Lipinski definition) is 2. The molecule has 63 heavy (non-hydrogen) atoms. The first-order chi connectivity index (χ1) is 30.1. The zero-order valence-electron chi connectivity index (χ0n) is 35.7. The molecule has 1 unspecified atom stereocenters. The summed E-state index contributed by atoms with van der Waals surface area (Å²) in [6, 6.07) is 10.7. The predicted molar refractivity (Wildman–Crippen MR) is 228 cm³/mol. The fraction of sp³-hybridized carbons (Fsp3) is 0.457. The summed E-state index contributed by atoms with van der Waals surface area (Å²) in [6.45, 7) is 13.2. The van der Waals surface area contributed by atoms with Gasteiger partial charge in [-0.25, -0.2) is 14.4 Å². The molecule has 326 valence electrons. The molecule has 5 aliphatic rings. The number of aromatic nitrogens is 3. The molecular weight excluding hydrogens is 808 g/mol. The Kier molecular flexibility index (Phi) is 10.6. The predicted octanol–water partition coefficient (Wildman–Crippen LogP) is 4.09. The van der Waals surface area contributed by atoms with Crippen molar-refractivity contribution in [1.82, 2.24) is 35.4 Å². The summed E-state index contributed by atoms with van der Waals surface area (Å²) >= 11 is 0. The Morgan fingerprint density at radius 3 is 2.25 bits per heavy atom. The maximum atomic E-state index is 15.5. The second-order valence-corrected chi connectivity index (χ2v) is 18.5. The SMILES string of the molecule is CC1(C)[C@H](NC(=O)c2cnc(N3CCC(CN4CCN(c5cc6c(cc5F)C(=O)N(C5CCC(=O)NC5=O)C6=O)CC4)CC3)nc2)C(C)(C)[C@H]1Oc1ccc(C#N)c2ncccc12. The van der Waals surface area contributed by atoms with E-state index in [1.54, 1.807) is 24.7 Å². The fourth-order valence-corrected chi connectivity index (χ4v) is 10.7. The van der Waals surface area contributed by atoms with E-state index in [-0.39, 0.29) is 47.7 Å². The Labute approximate surface area is 363 Å². The van der Waals surface area contributed by atoms with Crippen molar-refractivity contribution in [2.75, 3.05) is 55.6 Å². The molecule has 6 heterocycles. The second kappa shape index (κ2) is 16.0. The molecule has 2 N–H and O–H groups in total. The van der Waals surface area contributed by atoms with Crippen molar-refractivity contribution in [2.24, 2.45) is 16.7 Å². The largest absolute Gasteiger partial charge is 0.488 e. The molecule has 17 heteroatoms. The van der Waals surface area contributed by atoms with Gasteiger partial charge in [0.1, 0.15) is 29.8 Å². The van der Waals surface area contributed by atoms with E-state index in [9.17, 15) is 29.2 Å². The van der Waals surface area contributed by atoms with Crippen molar-refractivity contribution in [2.45, 2.75) is 71.6 Å². The number of anilines is 2. The average molecular weight is 857 g/mol. The lowest BCUT2D eigenvalue weighted by atomic mass is 9.49. The van der Waals surface area contributed by atoms with Crippen LogP contribution in [0.4, 0.5) is 16.0 Å². The van der Waals surface area contributed by atoms with Gasteiger partial charge in [0.2, 0.25) is 17.8 Å². The summed E-state index contributed by atoms with van der Waals surface area (Å²) in [6.07, 6.45) is 6.51. The number of pyridine rings is 1. The molecule has 2 aromatic carbocycles. The highest BCUT2D eigenvalue weighted by Gasteiger charge is 2.64. The van der Waals surface area contributed by atoms with Crippen molar-refractivity contribution < 1.29 is 33.1 Å². The second-order valence-electron chi connectivity index (χ2n) is 18.5. The molecule has 5 amide bonds. The number of nitrogens with one attached hydrogen (secondary N) is 2. The standard InChI is InChI=1S/C46H49FN10O6/c1-45(2)42(46(3,4)43(45)63-35-9-7-27(22-48)37-29(35)6-5-13-49-37)53-38(59)28-23-50-44(51-24-28)56-14-11-26(12-15-56)25-54-16-18-55(19-17-54)34-21-31-30(20-32(34)47)40(61)57(41(31)62)33-8-10-36(58)52-39(33)60/h5-7,9,13,20-21,23-24,26,33,42-43H,8,10-12,14-19,25H2,1-4H3,(H,53,59)(H,52,58,60)/t33?,42-,43-. The summed E-state index contributed by atoms with van der Waals surface area (Å²) < 4.78 is 22.1. The normalized spacial score (nSPS) is 23.6. The molecule has 1 atom stereocenters. The smallest absolute Gasteiger partial charge is 0.262 e. The van der Waals surface area contributed by atoms with Gasteiger partial charge in [0, 0.05) is 93.1 Å². The minimum atomic E-state index is -1.11. The first-order valence-corrected chi connectivity index (χ1v) is 21.5. The third kappa shape index (κ3) is 7.39. The zero-order chi connectivity index (χ0) is 44.4. The van der Waals surface area contributed by atoms with Crippen molar-refractivity contribution in [1.29, 1.82) is 5.26 Å². The van der Waals surface area contributed by atoms with Crippen LogP contribution in [0.1, 0.15) is 90.0 Å². The Morgan fingerprint density at radius 2 is 1.59 bits per heavy atom. The van der Waals surface area contributed by atoms with Crippen molar-refractivity contribution in [3.8, 4) is 11.8 Å². The lowest BCUT2D eigenvalue weighted by Crippen LogP contribution is -2.74. The summed E-state index contributed by atoms with van der Waals surface area (Å²) in [4.78, 5) is 85.0. The Morgan fingerprint density at radius 1 is 0.905 bits per heavy atom. The molecule has 0 radical (unpaired) electrons. The minimum Gasteiger partial charge on any atom is -0.488 e. The fourth-order valence-electron chi connectivity index (χ4n) is 10.7. The van der Waals surface area contributed by atoms with Crippen LogP contribution in [-0.4, -0.2) is 118 Å². The van der Waals surface area contributed by atoms with Gasteiger partial charge in [-0.05, 0) is 61.6 Å². The summed E-state index contributed by atoms with van der Waals surface area (Å²) in [5.74, 6) is -1.73. The quantitative estimate of drug-likeness (QED) is 0.229. The number of piperidine rings is 2. The summed E-state index contributed by atoms with van der Waals surface area (Å²) in [7, 11) is 0. The highest BCUT2D eigenvalue weighted by atomic mass is 19.1. The van der Waals surface area contributed by atoms with Gasteiger partial charge in [-0.3, -0.25) is 44.1 Å². The first-order valence-electron chi connectivity index (χ1n) is 21.5. The van der Waals surface area contributed by atoms with Gasteiger partial charge in [0.15, 0.2) is 0 Å². The molecule has 3 saturated heterocycles. The summed E-state index contributed by atoms with van der Waals surface area (Å²) in [5, 5.41) is 15.7. The van der Waals surface area contributed by atoms with Gasteiger partial charge < -0.3 is 19.9 Å². The molecule has 4 aliphatic heterocycles. The number of rotatable bonds is 9. The highest BCUT2D eigenvalue weighted by Crippen LogP contribution is 2.56. The molecular formula is C46H49FN10O6. The minimum absolute atomic E-state index is 0.00957. The number of halogens is 1. The van der Waals surface area contributed by atoms with Crippen molar-refractivity contribution in [3.05, 3.63) is 83.1 Å². The van der Waals surface area contributed by atoms with E-state index in [2.05, 4.69) is 69.1 Å². The van der Waals surface area contributed by atoms with Gasteiger partial charge in [-0.2, -0.15) is 5.26 Å². The average Bonchev–Trinajstić information content (AvgIpc) is 3.51. The van der Waals surface area contributed by atoms with Gasteiger partial charge in [0.05, 0.1) is 33.5 Å². The Bertz CT molecular complexity index is 2560. The number of nitrogens with zero attached hydrogens (tertiary/aromatic N) is 8. The molecule has 4 aromatic rings. The van der Waals surface area contributed by atoms with E-state index >= 15 is 4.39 Å². The van der Waals surface area contributed by atoms with Crippen LogP contribution < -0.4 is 25.2 Å². The van der Waals surface area contributed by atoms with E-state index in [4.69, 9.17) is 4.74 Å². The molecule has 0 spiro atoms. The van der Waals surface area contributed by atoms with E-state index in [0.29, 0.717) is 60.4 Å². The zero-order valence-corrected chi connectivity index (χ0v) is 35.7. The van der Waals surface area contributed by atoms with Crippen LogP contribution in [-0.2, 0) is 9.59 Å². The number of carbonyl (C=O) groups is 5. The molecule has 1 aliphatic carbocycles. The van der Waals surface area contributed by atoms with Crippen LogP contribution in [0.5, 0.6) is 5.75 Å². The number of piperazine rings is 1. The molecule has 1 saturated carbocycles. The topological polar surface area (TPSA) is 194 Å².